The number of imidazole rings is 1. The third kappa shape index (κ3) is 7.37. The van der Waals surface area contributed by atoms with Gasteiger partial charge in [0.2, 0.25) is 0 Å². The van der Waals surface area contributed by atoms with Crippen molar-refractivity contribution in [1.29, 1.82) is 0 Å². The third-order valence-electron chi connectivity index (χ3n) is 4.46. The first-order chi connectivity index (χ1) is 14.1. The van der Waals surface area contributed by atoms with Gasteiger partial charge in [-0.2, -0.15) is 8.78 Å². The molecule has 0 aliphatic carbocycles. The van der Waals surface area contributed by atoms with E-state index in [1.165, 1.54) is 12.3 Å². The second-order valence-electron chi connectivity index (χ2n) is 6.20. The van der Waals surface area contributed by atoms with Gasteiger partial charge in [0.1, 0.15) is 5.69 Å². The van der Waals surface area contributed by atoms with Gasteiger partial charge in [0.25, 0.3) is 5.92 Å². The molecule has 0 aliphatic rings. The van der Waals surface area contributed by atoms with Gasteiger partial charge in [-0.3, -0.25) is 4.98 Å². The van der Waals surface area contributed by atoms with E-state index < -0.39 is 5.92 Å². The van der Waals surface area contributed by atoms with Crippen molar-refractivity contribution >= 4 is 24.7 Å². The molecular formula is C24H40BF2N3. The Morgan fingerprint density at radius 1 is 1.07 bits per heavy atom. The normalized spacial score (nSPS) is 11.1. The van der Waals surface area contributed by atoms with E-state index in [4.69, 9.17) is 7.85 Å². The van der Waals surface area contributed by atoms with Gasteiger partial charge in [-0.05, 0) is 55.5 Å². The van der Waals surface area contributed by atoms with Crippen LogP contribution in [0, 0.1) is 6.92 Å². The maximum Gasteiger partial charge on any atom is 0.286 e. The summed E-state index contributed by atoms with van der Waals surface area (Å²) in [5, 5.41) is 0. The van der Waals surface area contributed by atoms with Gasteiger partial charge in [-0.25, -0.2) is 4.98 Å². The molecule has 0 fully saturated rings. The molecule has 0 amide bonds. The Bertz CT molecular complexity index is 804. The predicted octanol–water partition coefficient (Wildman–Crippen LogP) is 6.62. The number of nitrogens with zero attached hydrogens (tertiary/aromatic N) is 3. The molecule has 0 unspecified atom stereocenters. The van der Waals surface area contributed by atoms with Crippen LogP contribution in [-0.4, -0.2) is 22.4 Å². The quantitative estimate of drug-likeness (QED) is 0.522. The molecular weight excluding hydrogens is 379 g/mol. The van der Waals surface area contributed by atoms with E-state index in [1.54, 1.807) is 0 Å². The Balaban J connectivity index is 0. The Morgan fingerprint density at radius 2 is 1.57 bits per heavy atom. The monoisotopic (exact) mass is 419 g/mol. The van der Waals surface area contributed by atoms with E-state index >= 15 is 0 Å². The molecule has 0 aromatic carbocycles. The number of allylic oxidation sites excluding steroid dienone is 2. The number of alkyl halides is 2. The number of hydrogen-bond acceptors (Lipinski definition) is 2. The van der Waals surface area contributed by atoms with E-state index in [9.17, 15) is 8.78 Å². The van der Waals surface area contributed by atoms with Crippen LogP contribution in [0.4, 0.5) is 8.78 Å². The van der Waals surface area contributed by atoms with Gasteiger partial charge < -0.3 is 4.57 Å². The van der Waals surface area contributed by atoms with E-state index in [1.807, 2.05) is 80.9 Å². The summed E-state index contributed by atoms with van der Waals surface area (Å²) in [4.78, 5) is 8.31. The zero-order valence-electron chi connectivity index (χ0n) is 21.0. The summed E-state index contributed by atoms with van der Waals surface area (Å²) in [7, 11) is 7.80. The van der Waals surface area contributed by atoms with E-state index in [2.05, 4.69) is 9.97 Å². The number of aryl methyl sites for hydroxylation is 1. The lowest BCUT2D eigenvalue weighted by molar-refractivity contribution is 0.0127. The Labute approximate surface area is 184 Å². The summed E-state index contributed by atoms with van der Waals surface area (Å²) in [6, 6.07) is 1.46. The molecule has 2 aromatic rings. The van der Waals surface area contributed by atoms with Crippen LogP contribution < -0.4 is 5.72 Å². The molecule has 0 N–H and O–H groups in total. The molecule has 6 heteroatoms. The molecule has 0 atom stereocenters. The SMILES string of the molecule is CC.CC.CC.[B]c1nc(/C(C)=C(\C)c2cc(C(C)(F)F)ncc2C)c(CC)n1C. The van der Waals surface area contributed by atoms with Gasteiger partial charge in [0, 0.05) is 25.9 Å². The standard InChI is InChI=1S/C18H22BF2N3.3C2H6/c1-7-14-16(23-17(19)24(14)6)12(4)11(3)13-8-15(18(5,20)21)22-9-10(13)2;3*1-2/h8-9H,7H2,1-6H3;3*1-2H3/b12-11+;;;. The highest BCUT2D eigenvalue weighted by molar-refractivity contribution is 6.29. The number of halogens is 2. The minimum atomic E-state index is -2.97. The van der Waals surface area contributed by atoms with Crippen LogP contribution in [0.2, 0.25) is 0 Å². The molecule has 2 aromatic heterocycles. The van der Waals surface area contributed by atoms with Crippen molar-refractivity contribution in [3.8, 4) is 0 Å². The largest absolute Gasteiger partial charge is 0.344 e. The van der Waals surface area contributed by atoms with Crippen LogP contribution in [0.3, 0.4) is 0 Å². The summed E-state index contributed by atoms with van der Waals surface area (Å²) in [5.41, 5.74) is 5.49. The molecule has 0 saturated carbocycles. The number of rotatable bonds is 4. The maximum absolute atomic E-state index is 13.6. The summed E-state index contributed by atoms with van der Waals surface area (Å²) < 4.78 is 29.1. The second kappa shape index (κ2) is 14.1. The lowest BCUT2D eigenvalue weighted by Gasteiger charge is -2.15. The molecule has 0 aliphatic heterocycles. The van der Waals surface area contributed by atoms with Crippen LogP contribution >= 0.6 is 0 Å². The lowest BCUT2D eigenvalue weighted by Crippen LogP contribution is -2.16. The molecule has 0 saturated heterocycles. The first-order valence-corrected chi connectivity index (χ1v) is 10.9. The van der Waals surface area contributed by atoms with Crippen LogP contribution in [0.25, 0.3) is 11.1 Å². The first kappa shape index (κ1) is 30.2. The van der Waals surface area contributed by atoms with Crippen molar-refractivity contribution in [3.05, 3.63) is 40.5 Å². The van der Waals surface area contributed by atoms with E-state index in [0.29, 0.717) is 5.72 Å². The maximum atomic E-state index is 13.6. The van der Waals surface area contributed by atoms with Gasteiger partial charge in [-0.1, -0.05) is 48.5 Å². The molecule has 0 spiro atoms. The highest BCUT2D eigenvalue weighted by Gasteiger charge is 2.27. The van der Waals surface area contributed by atoms with Gasteiger partial charge >= 0.3 is 0 Å². The van der Waals surface area contributed by atoms with Gasteiger partial charge in [-0.15, -0.1) is 0 Å². The highest BCUT2D eigenvalue weighted by atomic mass is 19.3. The smallest absolute Gasteiger partial charge is 0.286 e. The molecule has 2 heterocycles. The summed E-state index contributed by atoms with van der Waals surface area (Å²) >= 11 is 0. The Hall–Kier alpha value is -1.98. The summed E-state index contributed by atoms with van der Waals surface area (Å²) in [6.45, 7) is 20.6. The number of aromatic nitrogens is 3. The van der Waals surface area contributed by atoms with Crippen LogP contribution in [0.5, 0.6) is 0 Å². The minimum Gasteiger partial charge on any atom is -0.344 e. The fraction of sp³-hybridized carbons (Fsp3) is 0.583. The fourth-order valence-corrected chi connectivity index (χ4v) is 2.80. The van der Waals surface area contributed by atoms with Crippen LogP contribution in [0.1, 0.15) is 97.4 Å². The molecule has 0 bridgehead atoms. The van der Waals surface area contributed by atoms with Crippen LogP contribution in [-0.2, 0) is 19.4 Å². The summed E-state index contributed by atoms with van der Waals surface area (Å²) in [6.07, 6.45) is 2.28. The van der Waals surface area contributed by atoms with Crippen molar-refractivity contribution in [3.63, 3.8) is 0 Å². The number of pyridine rings is 1. The lowest BCUT2D eigenvalue weighted by atomic mass is 9.95. The molecule has 3 nitrogen and oxygen atoms in total. The van der Waals surface area contributed by atoms with E-state index in [0.717, 1.165) is 47.0 Å². The fourth-order valence-electron chi connectivity index (χ4n) is 2.80. The molecule has 2 radical (unpaired) electrons. The van der Waals surface area contributed by atoms with Gasteiger partial charge in [0.05, 0.1) is 11.4 Å². The van der Waals surface area contributed by atoms with Crippen molar-refractivity contribution in [2.24, 2.45) is 7.05 Å². The topological polar surface area (TPSA) is 30.7 Å². The second-order valence-corrected chi connectivity index (χ2v) is 6.20. The predicted molar refractivity (Wildman–Crippen MR) is 129 cm³/mol. The first-order valence-electron chi connectivity index (χ1n) is 10.9. The van der Waals surface area contributed by atoms with Gasteiger partial charge in [0.15, 0.2) is 7.85 Å². The zero-order chi connectivity index (χ0) is 24.2. The Kier molecular flexibility index (Phi) is 14.2. The molecule has 168 valence electrons. The molecule has 30 heavy (non-hydrogen) atoms. The van der Waals surface area contributed by atoms with Crippen molar-refractivity contribution in [1.82, 2.24) is 14.5 Å². The van der Waals surface area contributed by atoms with Crippen molar-refractivity contribution in [2.45, 2.75) is 88.5 Å². The Morgan fingerprint density at radius 3 is 2.00 bits per heavy atom. The average Bonchev–Trinajstić information content (AvgIpc) is 3.04. The van der Waals surface area contributed by atoms with Crippen molar-refractivity contribution < 1.29 is 8.78 Å². The van der Waals surface area contributed by atoms with Crippen molar-refractivity contribution in [2.75, 3.05) is 0 Å². The summed E-state index contributed by atoms with van der Waals surface area (Å²) in [5.74, 6) is -2.97. The molecule has 2 rings (SSSR count). The number of hydrogen-bond donors (Lipinski definition) is 0. The van der Waals surface area contributed by atoms with Crippen LogP contribution in [0.15, 0.2) is 12.3 Å². The van der Waals surface area contributed by atoms with E-state index in [-0.39, 0.29) is 5.69 Å². The average molecular weight is 419 g/mol. The highest BCUT2D eigenvalue weighted by Crippen LogP contribution is 2.32. The minimum absolute atomic E-state index is 0.230. The zero-order valence-corrected chi connectivity index (χ0v) is 21.0. The third-order valence-corrected chi connectivity index (χ3v) is 4.46.